The van der Waals surface area contributed by atoms with E-state index in [1.165, 1.54) is 0 Å². The summed E-state index contributed by atoms with van der Waals surface area (Å²) in [6.45, 7) is 3.91. The van der Waals surface area contributed by atoms with E-state index in [1.54, 1.807) is 0 Å². The molecule has 1 aromatic carbocycles. The molecule has 0 spiro atoms. The molecule has 4 nitrogen and oxygen atoms in total. The quantitative estimate of drug-likeness (QED) is 0.816. The maximum Gasteiger partial charge on any atom is 0.307 e. The molecule has 0 aromatic heterocycles. The second-order valence-corrected chi connectivity index (χ2v) is 6.20. The fourth-order valence-electron chi connectivity index (χ4n) is 2.63. The predicted octanol–water partition coefficient (Wildman–Crippen LogP) is 3.67. The summed E-state index contributed by atoms with van der Waals surface area (Å²) in [7, 11) is 0. The lowest BCUT2D eigenvalue weighted by Crippen LogP contribution is -2.34. The van der Waals surface area contributed by atoms with Gasteiger partial charge in [0.15, 0.2) is 0 Å². The lowest BCUT2D eigenvalue weighted by atomic mass is 9.82. The van der Waals surface area contributed by atoms with E-state index in [-0.39, 0.29) is 5.91 Å². The van der Waals surface area contributed by atoms with Crippen LogP contribution in [0.4, 0.5) is 5.69 Å². The minimum absolute atomic E-state index is 0.229. The van der Waals surface area contributed by atoms with E-state index >= 15 is 0 Å². The first-order chi connectivity index (χ1) is 9.90. The molecule has 112 valence electrons. The maximum atomic E-state index is 12.4. The van der Waals surface area contributed by atoms with Gasteiger partial charge in [0.25, 0.3) is 0 Å². The molecule has 0 fully saturated rings. The van der Waals surface area contributed by atoms with Crippen molar-refractivity contribution in [3.05, 3.63) is 39.9 Å². The van der Waals surface area contributed by atoms with Gasteiger partial charge in [-0.15, -0.1) is 0 Å². The Balaban J connectivity index is 2.17. The average molecular weight is 352 g/mol. The van der Waals surface area contributed by atoms with E-state index in [4.69, 9.17) is 0 Å². The molecule has 2 N–H and O–H groups in total. The first-order valence-electron chi connectivity index (χ1n) is 6.85. The third-order valence-electron chi connectivity index (χ3n) is 3.79. The minimum Gasteiger partial charge on any atom is -0.481 e. The van der Waals surface area contributed by atoms with Gasteiger partial charge < -0.3 is 10.4 Å². The number of carbonyl (C=O) groups is 2. The summed E-state index contributed by atoms with van der Waals surface area (Å²) in [5.74, 6) is -2.31. The molecule has 1 aliphatic rings. The Kier molecular flexibility index (Phi) is 4.83. The van der Waals surface area contributed by atoms with Gasteiger partial charge in [0, 0.05) is 10.2 Å². The Hall–Kier alpha value is -1.62. The van der Waals surface area contributed by atoms with Crippen molar-refractivity contribution in [2.45, 2.75) is 26.7 Å². The monoisotopic (exact) mass is 351 g/mol. The topological polar surface area (TPSA) is 66.4 Å². The molecule has 0 aliphatic heterocycles. The van der Waals surface area contributed by atoms with Gasteiger partial charge in [0.05, 0.1) is 11.8 Å². The normalized spacial score (nSPS) is 21.1. The fourth-order valence-corrected chi connectivity index (χ4v) is 2.86. The number of carboxylic acid groups (broad SMARTS) is 1. The van der Waals surface area contributed by atoms with Gasteiger partial charge in [-0.1, -0.05) is 28.1 Å². The van der Waals surface area contributed by atoms with Gasteiger partial charge >= 0.3 is 5.97 Å². The van der Waals surface area contributed by atoms with Crippen LogP contribution in [0.3, 0.4) is 0 Å². The number of amides is 1. The largest absolute Gasteiger partial charge is 0.481 e. The van der Waals surface area contributed by atoms with Gasteiger partial charge in [0.1, 0.15) is 0 Å². The van der Waals surface area contributed by atoms with Crippen LogP contribution >= 0.6 is 15.9 Å². The van der Waals surface area contributed by atoms with Crippen molar-refractivity contribution >= 4 is 33.5 Å². The van der Waals surface area contributed by atoms with Crippen molar-refractivity contribution in [3.8, 4) is 0 Å². The van der Waals surface area contributed by atoms with Gasteiger partial charge in [-0.05, 0) is 49.9 Å². The van der Waals surface area contributed by atoms with E-state index in [1.807, 2.05) is 38.1 Å². The molecule has 0 radical (unpaired) electrons. The summed E-state index contributed by atoms with van der Waals surface area (Å²) in [5, 5.41) is 12.1. The molecule has 2 atom stereocenters. The number of aliphatic carboxylic acids is 1. The van der Waals surface area contributed by atoms with Crippen molar-refractivity contribution in [1.29, 1.82) is 0 Å². The molecule has 0 saturated heterocycles. The van der Waals surface area contributed by atoms with E-state index in [2.05, 4.69) is 21.2 Å². The van der Waals surface area contributed by atoms with Crippen LogP contribution in [0.1, 0.15) is 24.0 Å². The van der Waals surface area contributed by atoms with E-state index < -0.39 is 17.8 Å². The SMILES string of the molecule is Cc1cc(NC(=O)C2CC=CCC2C(=O)O)cc(C)c1Br. The zero-order chi connectivity index (χ0) is 15.6. The number of hydrogen-bond acceptors (Lipinski definition) is 2. The number of allylic oxidation sites excluding steroid dienone is 2. The number of benzene rings is 1. The summed E-state index contributed by atoms with van der Waals surface area (Å²) in [5.41, 5.74) is 2.77. The number of hydrogen-bond donors (Lipinski definition) is 2. The summed E-state index contributed by atoms with van der Waals surface area (Å²) < 4.78 is 1.02. The Morgan fingerprint density at radius 1 is 1.14 bits per heavy atom. The zero-order valence-electron chi connectivity index (χ0n) is 12.0. The Morgan fingerprint density at radius 2 is 1.67 bits per heavy atom. The number of aryl methyl sites for hydroxylation is 2. The predicted molar refractivity (Wildman–Crippen MR) is 85.2 cm³/mol. The number of rotatable bonds is 3. The van der Waals surface area contributed by atoms with Gasteiger partial charge in [-0.3, -0.25) is 9.59 Å². The van der Waals surface area contributed by atoms with Gasteiger partial charge in [-0.2, -0.15) is 0 Å². The number of anilines is 1. The minimum atomic E-state index is -0.914. The van der Waals surface area contributed by atoms with Gasteiger partial charge in [0.2, 0.25) is 5.91 Å². The van der Waals surface area contributed by atoms with Crippen LogP contribution in [0, 0.1) is 25.7 Å². The molecule has 1 aliphatic carbocycles. The molecule has 0 saturated carbocycles. The smallest absolute Gasteiger partial charge is 0.307 e. The summed E-state index contributed by atoms with van der Waals surface area (Å²) >= 11 is 3.49. The molecule has 2 unspecified atom stereocenters. The van der Waals surface area contributed by atoms with Crippen LogP contribution in [0.2, 0.25) is 0 Å². The molecule has 0 bridgehead atoms. The number of carboxylic acids is 1. The van der Waals surface area contributed by atoms with Crippen molar-refractivity contribution < 1.29 is 14.7 Å². The van der Waals surface area contributed by atoms with Crippen LogP contribution in [0.15, 0.2) is 28.8 Å². The lowest BCUT2D eigenvalue weighted by Gasteiger charge is -2.24. The fraction of sp³-hybridized carbons (Fsp3) is 0.375. The Morgan fingerprint density at radius 3 is 2.19 bits per heavy atom. The number of carbonyl (C=O) groups excluding carboxylic acids is 1. The average Bonchev–Trinajstić information content (AvgIpc) is 2.44. The van der Waals surface area contributed by atoms with Crippen LogP contribution < -0.4 is 5.32 Å². The highest BCUT2D eigenvalue weighted by atomic mass is 79.9. The highest BCUT2D eigenvalue weighted by Gasteiger charge is 2.33. The third-order valence-corrected chi connectivity index (χ3v) is 5.04. The van der Waals surface area contributed by atoms with Crippen LogP contribution in [0.5, 0.6) is 0 Å². The van der Waals surface area contributed by atoms with Crippen molar-refractivity contribution in [3.63, 3.8) is 0 Å². The number of halogens is 1. The molecule has 2 rings (SSSR count). The molecule has 1 amide bonds. The molecule has 0 heterocycles. The lowest BCUT2D eigenvalue weighted by molar-refractivity contribution is -0.146. The molecule has 5 heteroatoms. The van der Waals surface area contributed by atoms with Gasteiger partial charge in [-0.25, -0.2) is 0 Å². The highest BCUT2D eigenvalue weighted by molar-refractivity contribution is 9.10. The molecular weight excluding hydrogens is 334 g/mol. The van der Waals surface area contributed by atoms with Crippen molar-refractivity contribution in [2.24, 2.45) is 11.8 Å². The standard InChI is InChI=1S/C16H18BrNO3/c1-9-7-11(8-10(2)14(9)17)18-15(19)12-5-3-4-6-13(12)16(20)21/h3-4,7-8,12-13H,5-6H2,1-2H3,(H,18,19)(H,20,21). The molecule has 1 aromatic rings. The first-order valence-corrected chi connectivity index (χ1v) is 7.65. The maximum absolute atomic E-state index is 12.4. The van der Waals surface area contributed by atoms with E-state index in [0.717, 1.165) is 15.6 Å². The summed E-state index contributed by atoms with van der Waals surface area (Å²) in [4.78, 5) is 23.6. The van der Waals surface area contributed by atoms with E-state index in [9.17, 15) is 14.7 Å². The number of nitrogens with one attached hydrogen (secondary N) is 1. The second kappa shape index (κ2) is 6.43. The summed E-state index contributed by atoms with van der Waals surface area (Å²) in [6.07, 6.45) is 4.58. The Bertz CT molecular complexity index is 587. The summed E-state index contributed by atoms with van der Waals surface area (Å²) in [6, 6.07) is 3.76. The third kappa shape index (κ3) is 3.53. The Labute approximate surface area is 132 Å². The second-order valence-electron chi connectivity index (χ2n) is 5.41. The molecular formula is C16H18BrNO3. The highest BCUT2D eigenvalue weighted by Crippen LogP contribution is 2.29. The van der Waals surface area contributed by atoms with Crippen LogP contribution in [-0.4, -0.2) is 17.0 Å². The first kappa shape index (κ1) is 15.8. The zero-order valence-corrected chi connectivity index (χ0v) is 13.6. The van der Waals surface area contributed by atoms with E-state index in [0.29, 0.717) is 18.5 Å². The molecule has 21 heavy (non-hydrogen) atoms. The van der Waals surface area contributed by atoms with Crippen LogP contribution in [0.25, 0.3) is 0 Å². The van der Waals surface area contributed by atoms with Crippen molar-refractivity contribution in [2.75, 3.05) is 5.32 Å². The van der Waals surface area contributed by atoms with Crippen LogP contribution in [-0.2, 0) is 9.59 Å². The van der Waals surface area contributed by atoms with Crippen molar-refractivity contribution in [1.82, 2.24) is 0 Å².